The van der Waals surface area contributed by atoms with E-state index in [4.69, 9.17) is 4.74 Å². The lowest BCUT2D eigenvalue weighted by Crippen LogP contribution is -2.38. The van der Waals surface area contributed by atoms with Crippen LogP contribution in [0.25, 0.3) is 0 Å². The largest absolute Gasteiger partial charge is 0.452 e. The van der Waals surface area contributed by atoms with E-state index in [1.54, 1.807) is 12.1 Å². The summed E-state index contributed by atoms with van der Waals surface area (Å²) in [7, 11) is 0. The van der Waals surface area contributed by atoms with Crippen LogP contribution in [0.5, 0.6) is 0 Å². The Morgan fingerprint density at radius 3 is 2.50 bits per heavy atom. The smallest absolute Gasteiger partial charge is 0.339 e. The molecule has 1 aromatic carbocycles. The highest BCUT2D eigenvalue weighted by molar-refractivity contribution is 7.98. The quantitative estimate of drug-likeness (QED) is 0.647. The van der Waals surface area contributed by atoms with Crippen LogP contribution in [0.4, 0.5) is 0 Å². The summed E-state index contributed by atoms with van der Waals surface area (Å²) in [6, 6.07) is 7.24. The number of amides is 1. The molecule has 20 heavy (non-hydrogen) atoms. The van der Waals surface area contributed by atoms with Gasteiger partial charge in [-0.25, -0.2) is 4.79 Å². The lowest BCUT2D eigenvalue weighted by atomic mass is 10.1. The molecular weight excluding hydrogens is 274 g/mol. The molecule has 0 bridgehead atoms. The zero-order valence-electron chi connectivity index (χ0n) is 12.3. The molecule has 0 radical (unpaired) electrons. The van der Waals surface area contributed by atoms with Crippen molar-refractivity contribution >= 4 is 23.6 Å². The van der Waals surface area contributed by atoms with E-state index in [1.165, 1.54) is 11.8 Å². The van der Waals surface area contributed by atoms with Gasteiger partial charge in [0.15, 0.2) is 6.61 Å². The van der Waals surface area contributed by atoms with Crippen LogP contribution in [0.15, 0.2) is 29.2 Å². The third-order valence-corrected chi connectivity index (χ3v) is 3.85. The summed E-state index contributed by atoms with van der Waals surface area (Å²) in [5, 5.41) is 2.79. The maximum atomic E-state index is 11.9. The van der Waals surface area contributed by atoms with Gasteiger partial charge in [0.25, 0.3) is 5.91 Å². The highest BCUT2D eigenvalue weighted by Crippen LogP contribution is 2.20. The standard InChI is InChI=1S/C15H21NO3S/c1-10(2)11(3)16-14(17)9-19-15(18)12-7-5-6-8-13(12)20-4/h5-8,10-11H,9H2,1-4H3,(H,16,17). The maximum Gasteiger partial charge on any atom is 0.339 e. The summed E-state index contributed by atoms with van der Waals surface area (Å²) < 4.78 is 5.05. The van der Waals surface area contributed by atoms with Crippen molar-refractivity contribution in [2.45, 2.75) is 31.7 Å². The molecule has 1 amide bonds. The summed E-state index contributed by atoms with van der Waals surface area (Å²) in [6.07, 6.45) is 1.89. The normalized spacial score (nSPS) is 12.1. The molecule has 1 rings (SSSR count). The number of hydrogen-bond acceptors (Lipinski definition) is 4. The van der Waals surface area contributed by atoms with Crippen LogP contribution in [0.1, 0.15) is 31.1 Å². The average molecular weight is 295 g/mol. The molecular formula is C15H21NO3S. The third-order valence-electron chi connectivity index (χ3n) is 3.05. The zero-order chi connectivity index (χ0) is 15.1. The van der Waals surface area contributed by atoms with Gasteiger partial charge in [0.2, 0.25) is 0 Å². The van der Waals surface area contributed by atoms with Crippen molar-refractivity contribution in [2.24, 2.45) is 5.92 Å². The van der Waals surface area contributed by atoms with Gasteiger partial charge in [-0.1, -0.05) is 26.0 Å². The molecule has 0 saturated heterocycles. The third kappa shape index (κ3) is 4.89. The van der Waals surface area contributed by atoms with Crippen LogP contribution < -0.4 is 5.32 Å². The SMILES string of the molecule is CSc1ccccc1C(=O)OCC(=O)NC(C)C(C)C. The molecule has 1 unspecified atom stereocenters. The Morgan fingerprint density at radius 2 is 1.90 bits per heavy atom. The minimum absolute atomic E-state index is 0.0553. The molecule has 1 atom stereocenters. The topological polar surface area (TPSA) is 55.4 Å². The predicted molar refractivity (Wildman–Crippen MR) is 80.9 cm³/mol. The van der Waals surface area contributed by atoms with Gasteiger partial charge in [0.1, 0.15) is 0 Å². The van der Waals surface area contributed by atoms with Crippen LogP contribution in [0.3, 0.4) is 0 Å². The minimum Gasteiger partial charge on any atom is -0.452 e. The molecule has 0 saturated carbocycles. The van der Waals surface area contributed by atoms with Gasteiger partial charge in [-0.05, 0) is 31.2 Å². The maximum absolute atomic E-state index is 11.9. The summed E-state index contributed by atoms with van der Waals surface area (Å²) in [5.74, 6) is -0.407. The number of nitrogens with one attached hydrogen (secondary N) is 1. The first-order chi connectivity index (χ1) is 9.45. The number of carbonyl (C=O) groups excluding carboxylic acids is 2. The van der Waals surface area contributed by atoms with E-state index in [1.807, 2.05) is 39.2 Å². The van der Waals surface area contributed by atoms with Gasteiger partial charge in [-0.2, -0.15) is 0 Å². The van der Waals surface area contributed by atoms with Crippen LogP contribution in [-0.4, -0.2) is 30.8 Å². The van der Waals surface area contributed by atoms with Crippen molar-refractivity contribution in [1.82, 2.24) is 5.32 Å². The van der Waals surface area contributed by atoms with E-state index in [0.29, 0.717) is 11.5 Å². The molecule has 1 aromatic rings. The molecule has 5 heteroatoms. The molecule has 4 nitrogen and oxygen atoms in total. The number of ether oxygens (including phenoxy) is 1. The molecule has 0 aliphatic heterocycles. The Kier molecular flexibility index (Phi) is 6.58. The van der Waals surface area contributed by atoms with Crippen molar-refractivity contribution in [3.8, 4) is 0 Å². The molecule has 0 fully saturated rings. The van der Waals surface area contributed by atoms with Crippen molar-refractivity contribution in [3.05, 3.63) is 29.8 Å². The Morgan fingerprint density at radius 1 is 1.25 bits per heavy atom. The van der Waals surface area contributed by atoms with Gasteiger partial charge in [0.05, 0.1) is 5.56 Å². The van der Waals surface area contributed by atoms with Crippen molar-refractivity contribution < 1.29 is 14.3 Å². The number of carbonyl (C=O) groups is 2. The summed E-state index contributed by atoms with van der Waals surface area (Å²) in [4.78, 5) is 24.4. The Hall–Kier alpha value is -1.49. The van der Waals surface area contributed by atoms with E-state index in [-0.39, 0.29) is 18.6 Å². The second-order valence-electron chi connectivity index (χ2n) is 4.88. The molecule has 0 heterocycles. The van der Waals surface area contributed by atoms with E-state index in [9.17, 15) is 9.59 Å². The molecule has 0 aromatic heterocycles. The fourth-order valence-corrected chi connectivity index (χ4v) is 2.07. The summed E-state index contributed by atoms with van der Waals surface area (Å²) >= 11 is 1.47. The number of hydrogen-bond donors (Lipinski definition) is 1. The number of benzene rings is 1. The van der Waals surface area contributed by atoms with Gasteiger partial charge in [-0.3, -0.25) is 4.79 Å². The number of esters is 1. The van der Waals surface area contributed by atoms with Crippen LogP contribution in [-0.2, 0) is 9.53 Å². The highest BCUT2D eigenvalue weighted by Gasteiger charge is 2.15. The summed E-state index contributed by atoms with van der Waals surface area (Å²) in [5.41, 5.74) is 0.490. The molecule has 0 spiro atoms. The van der Waals surface area contributed by atoms with E-state index in [0.717, 1.165) is 4.90 Å². The van der Waals surface area contributed by atoms with Crippen LogP contribution >= 0.6 is 11.8 Å². The van der Waals surface area contributed by atoms with Gasteiger partial charge < -0.3 is 10.1 Å². The number of rotatable bonds is 6. The van der Waals surface area contributed by atoms with E-state index in [2.05, 4.69) is 5.32 Å². The Bertz CT molecular complexity index is 474. The monoisotopic (exact) mass is 295 g/mol. The predicted octanol–water partition coefficient (Wildman–Crippen LogP) is 2.73. The van der Waals surface area contributed by atoms with Crippen molar-refractivity contribution in [2.75, 3.05) is 12.9 Å². The van der Waals surface area contributed by atoms with Crippen molar-refractivity contribution in [3.63, 3.8) is 0 Å². The van der Waals surface area contributed by atoms with Crippen LogP contribution in [0.2, 0.25) is 0 Å². The fourth-order valence-electron chi connectivity index (χ4n) is 1.48. The second-order valence-corrected chi connectivity index (χ2v) is 5.72. The summed E-state index contributed by atoms with van der Waals surface area (Å²) in [6.45, 7) is 5.71. The fraction of sp³-hybridized carbons (Fsp3) is 0.467. The first kappa shape index (κ1) is 16.6. The first-order valence-electron chi connectivity index (χ1n) is 6.55. The second kappa shape index (κ2) is 7.94. The van der Waals surface area contributed by atoms with E-state index < -0.39 is 5.97 Å². The van der Waals surface area contributed by atoms with Crippen LogP contribution in [0, 0.1) is 5.92 Å². The van der Waals surface area contributed by atoms with Crippen molar-refractivity contribution in [1.29, 1.82) is 0 Å². The zero-order valence-corrected chi connectivity index (χ0v) is 13.1. The van der Waals surface area contributed by atoms with Gasteiger partial charge >= 0.3 is 5.97 Å². The molecule has 0 aliphatic carbocycles. The lowest BCUT2D eigenvalue weighted by molar-refractivity contribution is -0.125. The van der Waals surface area contributed by atoms with Gasteiger partial charge in [0, 0.05) is 10.9 Å². The lowest BCUT2D eigenvalue weighted by Gasteiger charge is -2.17. The first-order valence-corrected chi connectivity index (χ1v) is 7.77. The van der Waals surface area contributed by atoms with E-state index >= 15 is 0 Å². The number of thioether (sulfide) groups is 1. The molecule has 1 N–H and O–H groups in total. The average Bonchev–Trinajstić information content (AvgIpc) is 2.44. The Balaban J connectivity index is 2.53. The highest BCUT2D eigenvalue weighted by atomic mass is 32.2. The minimum atomic E-state index is -0.470. The van der Waals surface area contributed by atoms with Gasteiger partial charge in [-0.15, -0.1) is 11.8 Å². The molecule has 110 valence electrons. The molecule has 0 aliphatic rings. The Labute approximate surface area is 124 Å².